The van der Waals surface area contributed by atoms with Crippen molar-refractivity contribution >= 4 is 17.0 Å². The summed E-state index contributed by atoms with van der Waals surface area (Å²) in [7, 11) is 1.71. The Morgan fingerprint density at radius 1 is 1.19 bits per heavy atom. The number of carbonyl (C=O) groups is 1. The Morgan fingerprint density at radius 3 is 2.81 bits per heavy atom. The van der Waals surface area contributed by atoms with Gasteiger partial charge in [-0.25, -0.2) is 4.79 Å². The first-order valence-corrected chi connectivity index (χ1v) is 8.28. The Labute approximate surface area is 149 Å². The van der Waals surface area contributed by atoms with Crippen LogP contribution in [0, 0.1) is 0 Å². The number of fused-ring (bicyclic) bond motifs is 2. The monoisotopic (exact) mass is 354 g/mol. The van der Waals surface area contributed by atoms with E-state index >= 15 is 0 Å². The number of hydrogen-bond donors (Lipinski definition) is 0. The Balaban J connectivity index is 1.56. The molecule has 1 aliphatic heterocycles. The van der Waals surface area contributed by atoms with Gasteiger partial charge in [0, 0.05) is 13.6 Å². The number of rotatable bonds is 4. The topological polar surface area (TPSA) is 73.9 Å². The van der Waals surface area contributed by atoms with E-state index in [4.69, 9.17) is 13.9 Å². The van der Waals surface area contributed by atoms with Crippen molar-refractivity contribution in [2.24, 2.45) is 0 Å². The summed E-state index contributed by atoms with van der Waals surface area (Å²) in [4.78, 5) is 26.6. The summed E-state index contributed by atoms with van der Waals surface area (Å²) in [5.41, 5.74) is 1.99. The Bertz CT molecular complexity index is 1040. The molecule has 0 unspecified atom stereocenters. The van der Waals surface area contributed by atoms with Gasteiger partial charge in [-0.1, -0.05) is 18.2 Å². The van der Waals surface area contributed by atoms with Crippen molar-refractivity contribution in [3.8, 4) is 11.5 Å². The minimum atomic E-state index is -0.676. The quantitative estimate of drug-likeness (QED) is 0.720. The van der Waals surface area contributed by atoms with Gasteiger partial charge < -0.3 is 18.8 Å². The fourth-order valence-corrected chi connectivity index (χ4v) is 3.17. The highest BCUT2D eigenvalue weighted by atomic mass is 16.7. The van der Waals surface area contributed by atoms with Crippen LogP contribution in [0.1, 0.15) is 18.5 Å². The molecule has 0 radical (unpaired) electrons. The second-order valence-corrected chi connectivity index (χ2v) is 6.26. The van der Waals surface area contributed by atoms with Gasteiger partial charge in [-0.15, -0.1) is 0 Å². The lowest BCUT2D eigenvalue weighted by molar-refractivity contribution is -0.133. The number of likely N-dealkylation sites (N-methyl/N-ethyl adjacent to an activating group) is 1. The number of carbonyl (C=O) groups excluding carboxylic acids is 1. The van der Waals surface area contributed by atoms with Crippen LogP contribution in [0.15, 0.2) is 51.7 Å². The normalized spacial score (nSPS) is 13.8. The van der Waals surface area contributed by atoms with Gasteiger partial charge in [0.25, 0.3) is 0 Å². The van der Waals surface area contributed by atoms with E-state index < -0.39 is 11.8 Å². The highest BCUT2D eigenvalue weighted by molar-refractivity contribution is 5.82. The number of nitrogens with zero attached hydrogens (tertiary/aromatic N) is 2. The number of amides is 1. The Hall–Kier alpha value is -3.22. The van der Waals surface area contributed by atoms with Crippen LogP contribution in [0.3, 0.4) is 0 Å². The van der Waals surface area contributed by atoms with E-state index in [0.717, 1.165) is 5.56 Å². The molecule has 7 heteroatoms. The summed E-state index contributed by atoms with van der Waals surface area (Å²) in [6, 6.07) is 12.0. The van der Waals surface area contributed by atoms with Gasteiger partial charge in [-0.2, -0.15) is 0 Å². The molecule has 7 nitrogen and oxygen atoms in total. The third-order valence-corrected chi connectivity index (χ3v) is 4.50. The minimum Gasteiger partial charge on any atom is -0.454 e. The zero-order valence-electron chi connectivity index (χ0n) is 14.5. The van der Waals surface area contributed by atoms with Crippen LogP contribution >= 0.6 is 0 Å². The van der Waals surface area contributed by atoms with Crippen LogP contribution in [0.25, 0.3) is 11.1 Å². The van der Waals surface area contributed by atoms with E-state index in [1.807, 2.05) is 18.2 Å². The molecule has 4 rings (SSSR count). The van der Waals surface area contributed by atoms with Crippen LogP contribution in [0.2, 0.25) is 0 Å². The van der Waals surface area contributed by atoms with Gasteiger partial charge >= 0.3 is 5.76 Å². The van der Waals surface area contributed by atoms with Crippen molar-refractivity contribution in [3.05, 3.63) is 58.6 Å². The SMILES string of the molecule is C[C@H](C(=O)N(C)Cc1ccc2c(c1)OCO2)n1c(=O)oc2ccccc21. The van der Waals surface area contributed by atoms with Gasteiger partial charge in [0.05, 0.1) is 5.52 Å². The summed E-state index contributed by atoms with van der Waals surface area (Å²) in [6.07, 6.45) is 0. The second-order valence-electron chi connectivity index (χ2n) is 6.26. The lowest BCUT2D eigenvalue weighted by Crippen LogP contribution is -2.35. The fraction of sp³-hybridized carbons (Fsp3) is 0.263. The van der Waals surface area contributed by atoms with Crippen LogP contribution in [0.4, 0.5) is 0 Å². The standard InChI is InChI=1S/C19H18N2O5/c1-12(21-14-5-3-4-6-15(14)26-19(21)23)18(22)20(2)10-13-7-8-16-17(9-13)25-11-24-16/h3-9,12H,10-11H2,1-2H3/t12-/m1/s1. The summed E-state index contributed by atoms with van der Waals surface area (Å²) in [5.74, 6) is 0.654. The number of benzene rings is 2. The van der Waals surface area contributed by atoms with E-state index in [-0.39, 0.29) is 12.7 Å². The molecule has 0 N–H and O–H groups in total. The van der Waals surface area contributed by atoms with Crippen LogP contribution in [0.5, 0.6) is 11.5 Å². The first-order chi connectivity index (χ1) is 12.5. The van der Waals surface area contributed by atoms with Crippen LogP contribution in [-0.2, 0) is 11.3 Å². The van der Waals surface area contributed by atoms with Crippen LogP contribution < -0.4 is 15.2 Å². The maximum absolute atomic E-state index is 12.8. The van der Waals surface area contributed by atoms with Crippen molar-refractivity contribution in [3.63, 3.8) is 0 Å². The smallest absolute Gasteiger partial charge is 0.420 e. The average Bonchev–Trinajstić information content (AvgIpc) is 3.23. The molecule has 2 aromatic carbocycles. The first kappa shape index (κ1) is 16.3. The fourth-order valence-electron chi connectivity index (χ4n) is 3.17. The lowest BCUT2D eigenvalue weighted by Gasteiger charge is -2.22. The Morgan fingerprint density at radius 2 is 1.96 bits per heavy atom. The average molecular weight is 354 g/mol. The molecule has 0 aliphatic carbocycles. The van der Waals surface area contributed by atoms with Crippen molar-refractivity contribution in [2.75, 3.05) is 13.8 Å². The lowest BCUT2D eigenvalue weighted by atomic mass is 10.1. The molecule has 3 aromatic rings. The molecule has 0 saturated heterocycles. The van der Waals surface area contributed by atoms with Gasteiger partial charge in [-0.3, -0.25) is 9.36 Å². The number of oxazole rings is 1. The van der Waals surface area contributed by atoms with Crippen molar-refractivity contribution < 1.29 is 18.7 Å². The van der Waals surface area contributed by atoms with Gasteiger partial charge in [0.2, 0.25) is 12.7 Å². The van der Waals surface area contributed by atoms with Crippen LogP contribution in [-0.4, -0.2) is 29.2 Å². The first-order valence-electron chi connectivity index (χ1n) is 8.28. The molecule has 26 heavy (non-hydrogen) atoms. The zero-order chi connectivity index (χ0) is 18.3. The molecule has 0 spiro atoms. The molecular weight excluding hydrogens is 336 g/mol. The molecule has 1 atom stereocenters. The highest BCUT2D eigenvalue weighted by Crippen LogP contribution is 2.32. The van der Waals surface area contributed by atoms with E-state index in [1.54, 1.807) is 43.1 Å². The molecule has 0 saturated carbocycles. The zero-order valence-corrected chi connectivity index (χ0v) is 14.5. The molecule has 1 aliphatic rings. The third-order valence-electron chi connectivity index (χ3n) is 4.50. The van der Waals surface area contributed by atoms with E-state index in [2.05, 4.69) is 0 Å². The number of ether oxygens (including phenoxy) is 2. The number of aromatic nitrogens is 1. The predicted octanol–water partition coefficient (Wildman–Crippen LogP) is 2.54. The summed E-state index contributed by atoms with van der Waals surface area (Å²) >= 11 is 0. The maximum Gasteiger partial charge on any atom is 0.420 e. The molecule has 134 valence electrons. The second kappa shape index (κ2) is 6.25. The van der Waals surface area contributed by atoms with Crippen molar-refractivity contribution in [2.45, 2.75) is 19.5 Å². The summed E-state index contributed by atoms with van der Waals surface area (Å²) in [6.45, 7) is 2.30. The van der Waals surface area contributed by atoms with E-state index in [1.165, 1.54) is 4.57 Å². The molecule has 0 fully saturated rings. The van der Waals surface area contributed by atoms with Crippen molar-refractivity contribution in [1.82, 2.24) is 9.47 Å². The maximum atomic E-state index is 12.8. The van der Waals surface area contributed by atoms with E-state index in [0.29, 0.717) is 29.1 Å². The molecular formula is C19H18N2O5. The highest BCUT2D eigenvalue weighted by Gasteiger charge is 2.24. The molecule has 2 heterocycles. The summed E-state index contributed by atoms with van der Waals surface area (Å²) in [5, 5.41) is 0. The molecule has 1 amide bonds. The van der Waals surface area contributed by atoms with E-state index in [9.17, 15) is 9.59 Å². The molecule has 0 bridgehead atoms. The number of para-hydroxylation sites is 2. The predicted molar refractivity (Wildman–Crippen MR) is 94.2 cm³/mol. The largest absolute Gasteiger partial charge is 0.454 e. The number of hydrogen-bond acceptors (Lipinski definition) is 5. The van der Waals surface area contributed by atoms with Crippen molar-refractivity contribution in [1.29, 1.82) is 0 Å². The van der Waals surface area contributed by atoms with Gasteiger partial charge in [0.1, 0.15) is 6.04 Å². The Kier molecular flexibility index (Phi) is 3.91. The third kappa shape index (κ3) is 2.71. The molecule has 1 aromatic heterocycles. The van der Waals surface area contributed by atoms with Gasteiger partial charge in [0.15, 0.2) is 17.1 Å². The van der Waals surface area contributed by atoms with Gasteiger partial charge in [-0.05, 0) is 36.8 Å². The minimum absolute atomic E-state index is 0.184. The summed E-state index contributed by atoms with van der Waals surface area (Å²) < 4.78 is 17.3.